The van der Waals surface area contributed by atoms with Crippen LogP contribution in [0.3, 0.4) is 0 Å². The molecule has 1 amide bonds. The molecule has 0 bridgehead atoms. The Kier molecular flexibility index (Phi) is 7.46. The molecule has 2 fully saturated rings. The number of amides is 1. The van der Waals surface area contributed by atoms with E-state index in [-0.39, 0.29) is 5.91 Å². The quantitative estimate of drug-likeness (QED) is 0.281. The van der Waals surface area contributed by atoms with E-state index >= 15 is 0 Å². The highest BCUT2D eigenvalue weighted by Gasteiger charge is 2.32. The molecule has 3 heterocycles. The Morgan fingerprint density at radius 3 is 2.54 bits per heavy atom. The fourth-order valence-corrected chi connectivity index (χ4v) is 5.60. The van der Waals surface area contributed by atoms with Crippen LogP contribution in [-0.4, -0.2) is 48.7 Å². The predicted molar refractivity (Wildman–Crippen MR) is 148 cm³/mol. The Morgan fingerprint density at radius 1 is 1.05 bits per heavy atom. The van der Waals surface area contributed by atoms with E-state index in [0.29, 0.717) is 39.3 Å². The highest BCUT2D eigenvalue weighted by molar-refractivity contribution is 8.18. The zero-order valence-corrected chi connectivity index (χ0v) is 21.8. The number of ether oxygens (including phenoxy) is 1. The lowest BCUT2D eigenvalue weighted by atomic mass is 10.1. The van der Waals surface area contributed by atoms with Gasteiger partial charge in [-0.05, 0) is 80.4 Å². The fraction of sp³-hybridized carbons (Fsp3) is 0.276. The SMILES string of the molecule is CCN1C(=O)/C(=C/c2ccc(-c3ccccc3C(=O)OC)o2)SC1=Nc1ccc(N2CCCCC2)cc1. The lowest BCUT2D eigenvalue weighted by Gasteiger charge is -2.28. The Bertz CT molecular complexity index is 1350. The second-order valence-corrected chi connectivity index (χ2v) is 9.87. The third kappa shape index (κ3) is 5.34. The molecule has 2 aliphatic heterocycles. The monoisotopic (exact) mass is 515 g/mol. The van der Waals surface area contributed by atoms with Gasteiger partial charge in [0.1, 0.15) is 11.5 Å². The van der Waals surface area contributed by atoms with Crippen LogP contribution in [0.2, 0.25) is 0 Å². The van der Waals surface area contributed by atoms with Crippen LogP contribution in [0.15, 0.2) is 75.0 Å². The topological polar surface area (TPSA) is 75.3 Å². The molecule has 7 nitrogen and oxygen atoms in total. The number of amidine groups is 1. The van der Waals surface area contributed by atoms with Gasteiger partial charge in [-0.15, -0.1) is 0 Å². The van der Waals surface area contributed by atoms with Crippen LogP contribution in [0.4, 0.5) is 11.4 Å². The van der Waals surface area contributed by atoms with Crippen molar-refractivity contribution in [1.29, 1.82) is 0 Å². The van der Waals surface area contributed by atoms with Crippen molar-refractivity contribution in [2.24, 2.45) is 4.99 Å². The number of methoxy groups -OCH3 is 1. The average Bonchev–Trinajstić information content (AvgIpc) is 3.53. The minimum atomic E-state index is -0.433. The molecule has 0 radical (unpaired) electrons. The van der Waals surface area contributed by atoms with E-state index in [0.717, 1.165) is 18.8 Å². The molecule has 5 rings (SSSR count). The third-order valence-corrected chi connectivity index (χ3v) is 7.50. The van der Waals surface area contributed by atoms with Crippen molar-refractivity contribution < 1.29 is 18.7 Å². The van der Waals surface area contributed by atoms with Gasteiger partial charge in [0.05, 0.1) is 23.3 Å². The second kappa shape index (κ2) is 11.1. The minimum Gasteiger partial charge on any atom is -0.465 e. The number of piperidine rings is 1. The fourth-order valence-electron chi connectivity index (χ4n) is 4.56. The first-order valence-electron chi connectivity index (χ1n) is 12.5. The first-order valence-corrected chi connectivity index (χ1v) is 13.3. The molecule has 0 saturated carbocycles. The summed E-state index contributed by atoms with van der Waals surface area (Å²) in [5.41, 5.74) is 3.09. The number of rotatable bonds is 6. The summed E-state index contributed by atoms with van der Waals surface area (Å²) >= 11 is 1.33. The Morgan fingerprint density at radius 2 is 1.81 bits per heavy atom. The Labute approximate surface area is 220 Å². The molecule has 0 atom stereocenters. The largest absolute Gasteiger partial charge is 0.465 e. The number of carbonyl (C=O) groups excluding carboxylic acids is 2. The normalized spacial score (nSPS) is 18.2. The number of anilines is 1. The maximum atomic E-state index is 13.1. The van der Waals surface area contributed by atoms with Crippen molar-refractivity contribution >= 4 is 46.3 Å². The van der Waals surface area contributed by atoms with Crippen molar-refractivity contribution in [3.63, 3.8) is 0 Å². The van der Waals surface area contributed by atoms with E-state index in [1.54, 1.807) is 41.3 Å². The second-order valence-electron chi connectivity index (χ2n) is 8.86. The molecule has 0 spiro atoms. The van der Waals surface area contributed by atoms with Crippen LogP contribution in [0.25, 0.3) is 17.4 Å². The summed E-state index contributed by atoms with van der Waals surface area (Å²) in [6.45, 7) is 4.65. The number of benzene rings is 2. The maximum Gasteiger partial charge on any atom is 0.338 e. The van der Waals surface area contributed by atoms with Gasteiger partial charge in [0.25, 0.3) is 5.91 Å². The van der Waals surface area contributed by atoms with E-state index in [2.05, 4.69) is 17.0 Å². The molecule has 2 aromatic carbocycles. The van der Waals surface area contributed by atoms with Crippen molar-refractivity contribution in [3.8, 4) is 11.3 Å². The molecule has 0 aliphatic carbocycles. The van der Waals surface area contributed by atoms with Gasteiger partial charge >= 0.3 is 5.97 Å². The van der Waals surface area contributed by atoms with Gasteiger partial charge in [-0.25, -0.2) is 9.79 Å². The minimum absolute atomic E-state index is 0.107. The van der Waals surface area contributed by atoms with Crippen LogP contribution in [0, 0.1) is 0 Å². The van der Waals surface area contributed by atoms with E-state index in [9.17, 15) is 9.59 Å². The van der Waals surface area contributed by atoms with E-state index in [1.165, 1.54) is 43.8 Å². The summed E-state index contributed by atoms with van der Waals surface area (Å²) in [6, 6.07) is 18.9. The molecular formula is C29H29N3O4S. The van der Waals surface area contributed by atoms with Crippen molar-refractivity contribution in [1.82, 2.24) is 4.90 Å². The van der Waals surface area contributed by atoms with E-state index in [1.807, 2.05) is 25.1 Å². The third-order valence-electron chi connectivity index (χ3n) is 6.50. The van der Waals surface area contributed by atoms with Gasteiger partial charge in [-0.1, -0.05) is 18.2 Å². The maximum absolute atomic E-state index is 13.1. The number of hydrogen-bond acceptors (Lipinski definition) is 7. The first-order chi connectivity index (χ1) is 18.1. The number of likely N-dealkylation sites (N-methyl/N-ethyl adjacent to an activating group) is 1. The molecular weight excluding hydrogens is 486 g/mol. The molecule has 37 heavy (non-hydrogen) atoms. The summed E-state index contributed by atoms with van der Waals surface area (Å²) in [7, 11) is 1.35. The van der Waals surface area contributed by atoms with Crippen LogP contribution in [0.5, 0.6) is 0 Å². The zero-order valence-electron chi connectivity index (χ0n) is 21.0. The Hall–Kier alpha value is -3.78. The zero-order chi connectivity index (χ0) is 25.8. The van der Waals surface area contributed by atoms with Crippen LogP contribution >= 0.6 is 11.8 Å². The number of nitrogens with zero attached hydrogens (tertiary/aromatic N) is 3. The highest BCUT2D eigenvalue weighted by atomic mass is 32.2. The lowest BCUT2D eigenvalue weighted by Crippen LogP contribution is -2.29. The summed E-state index contributed by atoms with van der Waals surface area (Å²) in [6.07, 6.45) is 5.49. The summed E-state index contributed by atoms with van der Waals surface area (Å²) in [4.78, 5) is 34.6. The number of aliphatic imine (C=N–C) groups is 1. The van der Waals surface area contributed by atoms with Crippen molar-refractivity contribution in [2.45, 2.75) is 26.2 Å². The average molecular weight is 516 g/mol. The highest BCUT2D eigenvalue weighted by Crippen LogP contribution is 2.35. The standard InChI is InChI=1S/C29H29N3O4S/c1-3-32-27(33)26(19-22-15-16-25(36-22)23-9-5-6-10-24(23)28(34)35-2)37-29(32)30-20-11-13-21(14-12-20)31-17-7-4-8-18-31/h5-6,9-16,19H,3-4,7-8,17-18H2,1-2H3/b26-19-,30-29?. The summed E-state index contributed by atoms with van der Waals surface area (Å²) in [5.74, 6) is 0.507. The molecule has 2 saturated heterocycles. The number of esters is 1. The number of furan rings is 1. The van der Waals surface area contributed by atoms with E-state index < -0.39 is 5.97 Å². The van der Waals surface area contributed by atoms with E-state index in [4.69, 9.17) is 14.1 Å². The molecule has 0 unspecified atom stereocenters. The van der Waals surface area contributed by atoms with Gasteiger partial charge in [-0.3, -0.25) is 9.69 Å². The predicted octanol–water partition coefficient (Wildman–Crippen LogP) is 6.35. The van der Waals surface area contributed by atoms with Gasteiger partial charge in [-0.2, -0.15) is 0 Å². The van der Waals surface area contributed by atoms with Gasteiger partial charge in [0, 0.05) is 37.0 Å². The number of hydrogen-bond donors (Lipinski definition) is 0. The molecule has 8 heteroatoms. The van der Waals surface area contributed by atoms with Gasteiger partial charge < -0.3 is 14.1 Å². The van der Waals surface area contributed by atoms with Gasteiger partial charge in [0.15, 0.2) is 5.17 Å². The molecule has 190 valence electrons. The van der Waals surface area contributed by atoms with Crippen LogP contribution in [-0.2, 0) is 9.53 Å². The summed E-state index contributed by atoms with van der Waals surface area (Å²) in [5, 5.41) is 0.646. The van der Waals surface area contributed by atoms with Gasteiger partial charge in [0.2, 0.25) is 0 Å². The first kappa shape index (κ1) is 24.9. The smallest absolute Gasteiger partial charge is 0.338 e. The molecule has 0 N–H and O–H groups in total. The van der Waals surface area contributed by atoms with Crippen molar-refractivity contribution in [3.05, 3.63) is 76.9 Å². The van der Waals surface area contributed by atoms with Crippen molar-refractivity contribution in [2.75, 3.05) is 31.6 Å². The molecule has 3 aromatic rings. The summed E-state index contributed by atoms with van der Waals surface area (Å²) < 4.78 is 10.9. The lowest BCUT2D eigenvalue weighted by molar-refractivity contribution is -0.122. The van der Waals surface area contributed by atoms with Crippen LogP contribution < -0.4 is 4.90 Å². The Balaban J connectivity index is 1.36. The molecule has 1 aromatic heterocycles. The number of thioether (sulfide) groups is 1. The molecule has 2 aliphatic rings. The van der Waals surface area contributed by atoms with Crippen LogP contribution in [0.1, 0.15) is 42.3 Å². The number of carbonyl (C=O) groups is 2.